The normalized spacial score (nSPS) is 15.0. The fourth-order valence-corrected chi connectivity index (χ4v) is 5.23. The first-order valence-electron chi connectivity index (χ1n) is 11.5. The van der Waals surface area contributed by atoms with Gasteiger partial charge in [0, 0.05) is 17.6 Å². The van der Waals surface area contributed by atoms with E-state index >= 15 is 0 Å². The molecule has 1 aliphatic carbocycles. The van der Waals surface area contributed by atoms with Gasteiger partial charge >= 0.3 is 0 Å². The fourth-order valence-electron chi connectivity index (χ4n) is 4.21. The molecule has 0 radical (unpaired) electrons. The topological polar surface area (TPSA) is 86.8 Å². The van der Waals surface area contributed by atoms with Crippen LogP contribution in [0, 0.1) is 0 Å². The molecule has 2 aromatic rings. The van der Waals surface area contributed by atoms with Crippen molar-refractivity contribution in [2.24, 2.45) is 0 Å². The highest BCUT2D eigenvalue weighted by molar-refractivity contribution is 7.92. The molecule has 184 valence electrons. The predicted molar refractivity (Wildman–Crippen MR) is 135 cm³/mol. The maximum atomic E-state index is 13.5. The highest BCUT2D eigenvalue weighted by Gasteiger charge is 2.31. The summed E-state index contributed by atoms with van der Waals surface area (Å²) < 4.78 is 26.1. The smallest absolute Gasteiger partial charge is 0.244 e. The lowest BCUT2D eigenvalue weighted by Crippen LogP contribution is -2.53. The second-order valence-corrected chi connectivity index (χ2v) is 11.1. The minimum absolute atomic E-state index is 0.125. The van der Waals surface area contributed by atoms with E-state index in [1.807, 2.05) is 30.3 Å². The van der Waals surface area contributed by atoms with E-state index in [9.17, 15) is 18.0 Å². The number of halogens is 1. The molecule has 3 rings (SSSR count). The molecule has 0 bridgehead atoms. The van der Waals surface area contributed by atoms with Crippen molar-refractivity contribution in [1.29, 1.82) is 0 Å². The molecule has 1 atom stereocenters. The molecule has 0 aliphatic heterocycles. The molecule has 0 spiro atoms. The standard InChI is InChI=1S/C25H32ClN3O4S/c1-19(25(31)27-22-12-6-7-13-22)28(16-15-20-9-4-3-5-10-20)24(30)18-29(34(2,32)33)23-14-8-11-21(26)17-23/h3-5,8-11,14,17,19,22H,6-7,12-13,15-16,18H2,1-2H3,(H,27,31)/t19-/m1/s1. The van der Waals surface area contributed by atoms with Crippen molar-refractivity contribution in [3.8, 4) is 0 Å². The van der Waals surface area contributed by atoms with Gasteiger partial charge in [0.1, 0.15) is 12.6 Å². The van der Waals surface area contributed by atoms with Crippen LogP contribution < -0.4 is 9.62 Å². The number of amides is 2. The molecule has 1 saturated carbocycles. The molecule has 1 fully saturated rings. The first kappa shape index (κ1) is 26.0. The van der Waals surface area contributed by atoms with Crippen LogP contribution in [0.2, 0.25) is 5.02 Å². The van der Waals surface area contributed by atoms with E-state index in [2.05, 4.69) is 5.32 Å². The Hall–Kier alpha value is -2.58. The van der Waals surface area contributed by atoms with E-state index < -0.39 is 28.5 Å². The Morgan fingerprint density at radius 1 is 1.09 bits per heavy atom. The van der Waals surface area contributed by atoms with Gasteiger partial charge in [0.25, 0.3) is 0 Å². The summed E-state index contributed by atoms with van der Waals surface area (Å²) in [6.07, 6.45) is 5.63. The van der Waals surface area contributed by atoms with Crippen molar-refractivity contribution in [1.82, 2.24) is 10.2 Å². The summed E-state index contributed by atoms with van der Waals surface area (Å²) in [6.45, 7) is 1.56. The Kier molecular flexibility index (Phi) is 8.97. The molecule has 0 unspecified atom stereocenters. The summed E-state index contributed by atoms with van der Waals surface area (Å²) in [5.74, 6) is -0.669. The van der Waals surface area contributed by atoms with Crippen molar-refractivity contribution >= 4 is 39.1 Å². The number of carbonyl (C=O) groups is 2. The molecular weight excluding hydrogens is 474 g/mol. The molecule has 7 nitrogen and oxygen atoms in total. The number of hydrogen-bond acceptors (Lipinski definition) is 4. The van der Waals surface area contributed by atoms with Crippen LogP contribution >= 0.6 is 11.6 Å². The summed E-state index contributed by atoms with van der Waals surface area (Å²) in [7, 11) is -3.77. The van der Waals surface area contributed by atoms with Gasteiger partial charge in [-0.2, -0.15) is 0 Å². The Bertz CT molecular complexity index is 1090. The monoisotopic (exact) mass is 505 g/mol. The summed E-state index contributed by atoms with van der Waals surface area (Å²) in [5, 5.41) is 3.42. The maximum Gasteiger partial charge on any atom is 0.244 e. The average molecular weight is 506 g/mol. The molecule has 1 N–H and O–H groups in total. The molecule has 2 aromatic carbocycles. The number of anilines is 1. The number of hydrogen-bond donors (Lipinski definition) is 1. The minimum atomic E-state index is -3.77. The average Bonchev–Trinajstić information content (AvgIpc) is 3.30. The molecule has 9 heteroatoms. The van der Waals surface area contributed by atoms with Gasteiger partial charge in [-0.1, -0.05) is 60.8 Å². The lowest BCUT2D eigenvalue weighted by atomic mass is 10.1. The van der Waals surface area contributed by atoms with E-state index in [0.29, 0.717) is 17.1 Å². The number of nitrogens with one attached hydrogen (secondary N) is 1. The molecule has 0 heterocycles. The van der Waals surface area contributed by atoms with Gasteiger partial charge in [-0.3, -0.25) is 13.9 Å². The summed E-state index contributed by atoms with van der Waals surface area (Å²) in [6, 6.07) is 15.4. The van der Waals surface area contributed by atoms with E-state index in [0.717, 1.165) is 41.8 Å². The lowest BCUT2D eigenvalue weighted by Gasteiger charge is -2.32. The molecule has 34 heavy (non-hydrogen) atoms. The van der Waals surface area contributed by atoms with Gasteiger partial charge in [-0.25, -0.2) is 8.42 Å². The number of carbonyl (C=O) groups excluding carboxylic acids is 2. The van der Waals surface area contributed by atoms with Crippen LogP contribution in [0.1, 0.15) is 38.2 Å². The molecule has 1 aliphatic rings. The van der Waals surface area contributed by atoms with Crippen LogP contribution in [0.5, 0.6) is 0 Å². The predicted octanol–water partition coefficient (Wildman–Crippen LogP) is 3.62. The van der Waals surface area contributed by atoms with Crippen molar-refractivity contribution < 1.29 is 18.0 Å². The van der Waals surface area contributed by atoms with Gasteiger partial charge in [0.2, 0.25) is 21.8 Å². The SMILES string of the molecule is C[C@H](C(=O)NC1CCCC1)N(CCc1ccccc1)C(=O)CN(c1cccc(Cl)c1)S(C)(=O)=O. The van der Waals surface area contributed by atoms with Crippen molar-refractivity contribution in [3.63, 3.8) is 0 Å². The van der Waals surface area contributed by atoms with E-state index in [-0.39, 0.29) is 18.5 Å². The van der Waals surface area contributed by atoms with Crippen molar-refractivity contribution in [3.05, 3.63) is 65.2 Å². The molecule has 2 amide bonds. The third-order valence-corrected chi connectivity index (χ3v) is 7.50. The second-order valence-electron chi connectivity index (χ2n) is 8.74. The van der Waals surface area contributed by atoms with Gasteiger partial charge in [0.05, 0.1) is 11.9 Å². The molecular formula is C25H32ClN3O4S. The lowest BCUT2D eigenvalue weighted by molar-refractivity contribution is -0.139. The van der Waals surface area contributed by atoms with Crippen LogP contribution in [0.25, 0.3) is 0 Å². The minimum Gasteiger partial charge on any atom is -0.352 e. The number of rotatable bonds is 10. The second kappa shape index (κ2) is 11.7. The zero-order chi connectivity index (χ0) is 24.7. The maximum absolute atomic E-state index is 13.5. The Morgan fingerprint density at radius 2 is 1.76 bits per heavy atom. The quantitative estimate of drug-likeness (QED) is 0.534. The zero-order valence-corrected chi connectivity index (χ0v) is 21.2. The van der Waals surface area contributed by atoms with Crippen LogP contribution in [0.3, 0.4) is 0 Å². The fraction of sp³-hybridized carbons (Fsp3) is 0.440. The first-order chi connectivity index (χ1) is 16.1. The van der Waals surface area contributed by atoms with Crippen LogP contribution in [0.15, 0.2) is 54.6 Å². The summed E-state index contributed by atoms with van der Waals surface area (Å²) in [4.78, 5) is 27.9. The summed E-state index contributed by atoms with van der Waals surface area (Å²) in [5.41, 5.74) is 1.33. The van der Waals surface area contributed by atoms with E-state index in [4.69, 9.17) is 11.6 Å². The van der Waals surface area contributed by atoms with Gasteiger partial charge in [0.15, 0.2) is 0 Å². The van der Waals surface area contributed by atoms with E-state index in [1.165, 1.54) is 11.0 Å². The zero-order valence-electron chi connectivity index (χ0n) is 19.6. The van der Waals surface area contributed by atoms with Crippen LogP contribution in [0.4, 0.5) is 5.69 Å². The number of benzene rings is 2. The Labute approximate surface area is 207 Å². The van der Waals surface area contributed by atoms with Crippen LogP contribution in [-0.2, 0) is 26.0 Å². The van der Waals surface area contributed by atoms with Crippen LogP contribution in [-0.4, -0.2) is 56.6 Å². The third-order valence-electron chi connectivity index (χ3n) is 6.13. The van der Waals surface area contributed by atoms with E-state index in [1.54, 1.807) is 25.1 Å². The molecule has 0 aromatic heterocycles. The largest absolute Gasteiger partial charge is 0.352 e. The Morgan fingerprint density at radius 3 is 2.38 bits per heavy atom. The number of nitrogens with zero attached hydrogens (tertiary/aromatic N) is 2. The first-order valence-corrected chi connectivity index (χ1v) is 13.7. The Balaban J connectivity index is 1.81. The highest BCUT2D eigenvalue weighted by atomic mass is 35.5. The third kappa shape index (κ3) is 7.21. The van der Waals surface area contributed by atoms with Gasteiger partial charge in [-0.05, 0) is 49.9 Å². The van der Waals surface area contributed by atoms with Gasteiger partial charge in [-0.15, -0.1) is 0 Å². The highest BCUT2D eigenvalue weighted by Crippen LogP contribution is 2.22. The number of sulfonamides is 1. The van der Waals surface area contributed by atoms with Crippen molar-refractivity contribution in [2.45, 2.75) is 51.1 Å². The summed E-state index contributed by atoms with van der Waals surface area (Å²) >= 11 is 6.06. The van der Waals surface area contributed by atoms with Gasteiger partial charge < -0.3 is 10.2 Å². The molecule has 0 saturated heterocycles. The van der Waals surface area contributed by atoms with Crippen molar-refractivity contribution in [2.75, 3.05) is 23.7 Å².